The van der Waals surface area contributed by atoms with Crippen molar-refractivity contribution in [2.45, 2.75) is 86.5 Å². The van der Waals surface area contributed by atoms with Gasteiger partial charge in [0.25, 0.3) is 0 Å². The monoisotopic (exact) mass is 769 g/mol. The summed E-state index contributed by atoms with van der Waals surface area (Å²) >= 11 is 0. The molecule has 0 atom stereocenters. The molecule has 14 nitrogen and oxygen atoms in total. The lowest BCUT2D eigenvalue weighted by molar-refractivity contribution is -0.133. The number of rotatable bonds is 15. The van der Waals surface area contributed by atoms with Gasteiger partial charge in [0.1, 0.15) is 17.1 Å². The van der Waals surface area contributed by atoms with Gasteiger partial charge in [0.05, 0.1) is 42.2 Å². The van der Waals surface area contributed by atoms with Crippen LogP contribution in [0.25, 0.3) is 44.4 Å². The smallest absolute Gasteiger partial charge is 0.309 e. The van der Waals surface area contributed by atoms with Gasteiger partial charge in [-0.2, -0.15) is 0 Å². The zero-order valence-corrected chi connectivity index (χ0v) is 33.2. The average Bonchev–Trinajstić information content (AvgIpc) is 3.79. The number of esters is 2. The van der Waals surface area contributed by atoms with Crippen LogP contribution < -0.4 is 18.9 Å². The van der Waals surface area contributed by atoms with E-state index in [4.69, 9.17) is 38.9 Å². The van der Waals surface area contributed by atoms with Crippen LogP contribution in [-0.4, -0.2) is 85.7 Å². The molecule has 2 aliphatic heterocycles. The average molecular weight is 770 g/mol. The fourth-order valence-electron chi connectivity index (χ4n) is 6.97. The number of aryl methyl sites for hydroxylation is 2. The number of aliphatic hydroxyl groups excluding tert-OH is 3. The minimum absolute atomic E-state index is 0.0255. The lowest BCUT2D eigenvalue weighted by atomic mass is 9.98. The molecule has 0 spiro atoms. The van der Waals surface area contributed by atoms with Crippen LogP contribution in [0.1, 0.15) is 108 Å². The maximum Gasteiger partial charge on any atom is 0.309 e. The zero-order valence-electron chi connectivity index (χ0n) is 33.2. The van der Waals surface area contributed by atoms with Crippen molar-refractivity contribution in [3.8, 4) is 23.1 Å². The Morgan fingerprint density at radius 3 is 1.96 bits per heavy atom. The standard InChI is InChI=1S/C42H51N5O9/c1-8-27-28(9-2)35-22-43-33-20-36(53-7)37(54-18-12-17-50)21-34(33)46-42(56-26(6)52)39-24(4)30(14-11-16-49)40(47-39)41(55-25(5)51)38-23(3)29(13-10-15-48)32(45-38)19-31(27)44-35/h19-22,44,48-50H,8-18H2,1-7H3. The van der Waals surface area contributed by atoms with Gasteiger partial charge in [-0.25, -0.2) is 15.0 Å². The van der Waals surface area contributed by atoms with E-state index in [0.717, 1.165) is 33.3 Å². The van der Waals surface area contributed by atoms with Crippen LogP contribution in [0, 0.1) is 0 Å². The summed E-state index contributed by atoms with van der Waals surface area (Å²) in [5.74, 6) is -0.575. The summed E-state index contributed by atoms with van der Waals surface area (Å²) < 4.78 is 23.5. The van der Waals surface area contributed by atoms with Gasteiger partial charge in [-0.1, -0.05) is 13.8 Å². The molecule has 14 heteroatoms. The fraction of sp³-hybridized carbons (Fsp3) is 0.429. The topological polar surface area (TPSA) is 199 Å². The molecule has 298 valence electrons. The van der Waals surface area contributed by atoms with Crippen molar-refractivity contribution >= 4 is 56.3 Å². The second kappa shape index (κ2) is 18.9. The first-order valence-corrected chi connectivity index (χ1v) is 19.0. The molecule has 4 N–H and O–H groups in total. The van der Waals surface area contributed by atoms with Crippen LogP contribution in [0.2, 0.25) is 0 Å². The van der Waals surface area contributed by atoms with Gasteiger partial charge < -0.3 is 39.3 Å². The third-order valence-electron chi connectivity index (χ3n) is 9.60. The number of methoxy groups -OCH3 is 1. The number of hydrogen-bond donors (Lipinski definition) is 4. The largest absolute Gasteiger partial charge is 0.493 e. The predicted molar refractivity (Wildman–Crippen MR) is 214 cm³/mol. The van der Waals surface area contributed by atoms with Crippen LogP contribution in [0.3, 0.4) is 0 Å². The molecular weight excluding hydrogens is 718 g/mol. The lowest BCUT2D eigenvalue weighted by Crippen LogP contribution is -2.06. The zero-order chi connectivity index (χ0) is 40.5. The summed E-state index contributed by atoms with van der Waals surface area (Å²) in [7, 11) is 1.51. The van der Waals surface area contributed by atoms with Gasteiger partial charge >= 0.3 is 11.9 Å². The molecule has 2 aromatic heterocycles. The minimum Gasteiger partial charge on any atom is -0.493 e. The van der Waals surface area contributed by atoms with E-state index >= 15 is 0 Å². The number of hydrogen-bond acceptors (Lipinski definition) is 13. The molecular formula is C42H51N5O9. The second-order valence-corrected chi connectivity index (χ2v) is 13.4. The van der Waals surface area contributed by atoms with E-state index in [0.29, 0.717) is 84.5 Å². The number of nitrogens with zero attached hydrogens (tertiary/aromatic N) is 4. The first-order valence-electron chi connectivity index (χ1n) is 19.0. The second-order valence-electron chi connectivity index (χ2n) is 13.4. The first-order chi connectivity index (χ1) is 27.0. The number of carbonyl (C=O) groups is 2. The molecule has 1 aromatic carbocycles. The van der Waals surface area contributed by atoms with Gasteiger partial charge in [-0.3, -0.25) is 14.6 Å². The van der Waals surface area contributed by atoms with E-state index in [1.165, 1.54) is 21.0 Å². The van der Waals surface area contributed by atoms with Crippen molar-refractivity contribution in [2.75, 3.05) is 33.5 Å². The maximum atomic E-state index is 12.9. The fourth-order valence-corrected chi connectivity index (χ4v) is 6.97. The maximum absolute atomic E-state index is 12.9. The van der Waals surface area contributed by atoms with E-state index in [1.807, 2.05) is 13.0 Å². The van der Waals surface area contributed by atoms with E-state index in [-0.39, 0.29) is 55.0 Å². The van der Waals surface area contributed by atoms with Crippen molar-refractivity contribution in [3.05, 3.63) is 58.3 Å². The lowest BCUT2D eigenvalue weighted by Gasteiger charge is -2.11. The summed E-state index contributed by atoms with van der Waals surface area (Å²) in [6.45, 7) is 10.4. The molecule has 5 rings (SSSR count). The predicted octanol–water partition coefficient (Wildman–Crippen LogP) is 6.49. The molecule has 2 aliphatic rings. The highest BCUT2D eigenvalue weighted by molar-refractivity contribution is 5.99. The van der Waals surface area contributed by atoms with E-state index in [2.05, 4.69) is 18.8 Å². The summed E-state index contributed by atoms with van der Waals surface area (Å²) in [5, 5.41) is 29.2. The van der Waals surface area contributed by atoms with Crippen LogP contribution in [0.15, 0.2) is 24.4 Å². The van der Waals surface area contributed by atoms with Crippen molar-refractivity contribution in [1.82, 2.24) is 24.9 Å². The number of nitrogens with one attached hydrogen (secondary N) is 1. The van der Waals surface area contributed by atoms with E-state index in [1.54, 1.807) is 25.3 Å². The Bertz CT molecular complexity index is 2260. The molecule has 6 bridgehead atoms. The van der Waals surface area contributed by atoms with Gasteiger partial charge in [-0.05, 0) is 91.9 Å². The number of allylic oxidation sites excluding steroid dienone is 4. The molecule has 3 aromatic rings. The Labute approximate surface area is 326 Å². The van der Waals surface area contributed by atoms with Crippen LogP contribution in [0.5, 0.6) is 23.1 Å². The summed E-state index contributed by atoms with van der Waals surface area (Å²) in [4.78, 5) is 49.0. The number of H-pyrrole nitrogens is 1. The summed E-state index contributed by atoms with van der Waals surface area (Å²) in [5.41, 5.74) is 8.80. The number of aromatic nitrogens is 5. The van der Waals surface area contributed by atoms with Crippen molar-refractivity contribution in [1.29, 1.82) is 0 Å². The molecule has 0 saturated heterocycles. The molecule has 0 aliphatic carbocycles. The number of ether oxygens (including phenoxy) is 4. The van der Waals surface area contributed by atoms with Gasteiger partial charge in [0, 0.05) is 57.7 Å². The highest BCUT2D eigenvalue weighted by Crippen LogP contribution is 2.45. The third-order valence-corrected chi connectivity index (χ3v) is 9.60. The Morgan fingerprint density at radius 1 is 0.714 bits per heavy atom. The number of carbonyl (C=O) groups excluding carboxylic acids is 2. The number of aromatic amines is 1. The Hall–Kier alpha value is -5.44. The van der Waals surface area contributed by atoms with Crippen LogP contribution in [0.4, 0.5) is 0 Å². The third kappa shape index (κ3) is 8.99. The molecule has 0 saturated carbocycles. The number of aliphatic hydroxyl groups is 3. The van der Waals surface area contributed by atoms with Gasteiger partial charge in [-0.15, -0.1) is 0 Å². The van der Waals surface area contributed by atoms with Crippen LogP contribution >= 0.6 is 0 Å². The molecule has 4 heterocycles. The molecule has 0 fully saturated rings. The van der Waals surface area contributed by atoms with Crippen molar-refractivity contribution in [3.63, 3.8) is 0 Å². The summed E-state index contributed by atoms with van der Waals surface area (Å²) in [6.07, 6.45) is 5.22. The highest BCUT2D eigenvalue weighted by Gasteiger charge is 2.30. The molecule has 56 heavy (non-hydrogen) atoms. The van der Waals surface area contributed by atoms with Crippen LogP contribution in [-0.2, 0) is 22.4 Å². The SMILES string of the molecule is CCc1c(CC)c2cc3nc(c(OC(C)=O)c4nc(c(OC(C)=O)nc5cc(OCCCO)c(OC)cc5ncc1[nH]2)C(C)=C4CCCO)C(C)=C3CCCO. The highest BCUT2D eigenvalue weighted by atomic mass is 16.5. The number of benzene rings is 1. The molecule has 0 amide bonds. The Morgan fingerprint density at radius 2 is 1.34 bits per heavy atom. The minimum atomic E-state index is -0.654. The van der Waals surface area contributed by atoms with Gasteiger partial charge in [0.15, 0.2) is 17.2 Å². The normalized spacial score (nSPS) is 12.5. The Kier molecular flexibility index (Phi) is 14.1. The molecule has 0 radical (unpaired) electrons. The quantitative estimate of drug-likeness (QED) is 0.0967. The van der Waals surface area contributed by atoms with Crippen molar-refractivity contribution in [2.24, 2.45) is 0 Å². The molecule has 0 unspecified atom stereocenters. The number of fused-ring (bicyclic) bond motifs is 7. The van der Waals surface area contributed by atoms with E-state index < -0.39 is 11.9 Å². The summed E-state index contributed by atoms with van der Waals surface area (Å²) in [6, 6.07) is 5.28. The van der Waals surface area contributed by atoms with Gasteiger partial charge in [0.2, 0.25) is 5.88 Å². The first kappa shape index (κ1) is 41.7. The van der Waals surface area contributed by atoms with Crippen molar-refractivity contribution < 1.29 is 43.9 Å². The Balaban J connectivity index is 2.09. The van der Waals surface area contributed by atoms with E-state index in [9.17, 15) is 24.9 Å².